The summed E-state index contributed by atoms with van der Waals surface area (Å²) in [5.41, 5.74) is 0. The summed E-state index contributed by atoms with van der Waals surface area (Å²) < 4.78 is 5.55. The maximum atomic E-state index is 5.55. The highest BCUT2D eigenvalue weighted by atomic mass is 16.5. The first kappa shape index (κ1) is 13.4. The molecular formula is C13H24N2O. The van der Waals surface area contributed by atoms with Crippen LogP contribution in [0.5, 0.6) is 0 Å². The van der Waals surface area contributed by atoms with Gasteiger partial charge in [0.15, 0.2) is 0 Å². The fourth-order valence-corrected chi connectivity index (χ4v) is 2.28. The molecule has 2 unspecified atom stereocenters. The standard InChI is InChI=1S/C13H24N2O/c1-4-7-15(8-5-2)10-12-11-16-9-6-13(12)14-3/h4-5,12-14H,1-2,6-11H2,3H3. The monoisotopic (exact) mass is 224 g/mol. The number of hydrogen-bond donors (Lipinski definition) is 1. The second kappa shape index (κ2) is 7.60. The van der Waals surface area contributed by atoms with Crippen molar-refractivity contribution in [3.63, 3.8) is 0 Å². The lowest BCUT2D eigenvalue weighted by Gasteiger charge is -2.34. The van der Waals surface area contributed by atoms with E-state index in [-0.39, 0.29) is 0 Å². The van der Waals surface area contributed by atoms with E-state index in [9.17, 15) is 0 Å². The van der Waals surface area contributed by atoms with Crippen molar-refractivity contribution in [2.75, 3.05) is 39.9 Å². The van der Waals surface area contributed by atoms with Gasteiger partial charge in [0.1, 0.15) is 0 Å². The van der Waals surface area contributed by atoms with Gasteiger partial charge in [0, 0.05) is 38.2 Å². The van der Waals surface area contributed by atoms with Crippen LogP contribution in [0.25, 0.3) is 0 Å². The molecule has 0 aliphatic carbocycles. The summed E-state index contributed by atoms with van der Waals surface area (Å²) in [6, 6.07) is 0.575. The summed E-state index contributed by atoms with van der Waals surface area (Å²) in [7, 11) is 2.04. The Morgan fingerprint density at radius 3 is 2.62 bits per heavy atom. The fourth-order valence-electron chi connectivity index (χ4n) is 2.28. The average molecular weight is 224 g/mol. The Morgan fingerprint density at radius 2 is 2.06 bits per heavy atom. The van der Waals surface area contributed by atoms with E-state index in [1.54, 1.807) is 0 Å². The van der Waals surface area contributed by atoms with Crippen molar-refractivity contribution in [2.24, 2.45) is 5.92 Å². The highest BCUT2D eigenvalue weighted by Crippen LogP contribution is 2.16. The molecule has 2 atom stereocenters. The maximum Gasteiger partial charge on any atom is 0.0521 e. The smallest absolute Gasteiger partial charge is 0.0521 e. The van der Waals surface area contributed by atoms with Gasteiger partial charge in [-0.1, -0.05) is 12.2 Å². The van der Waals surface area contributed by atoms with E-state index in [1.807, 2.05) is 19.2 Å². The first-order valence-electron chi connectivity index (χ1n) is 6.01. The van der Waals surface area contributed by atoms with E-state index < -0.39 is 0 Å². The topological polar surface area (TPSA) is 24.5 Å². The van der Waals surface area contributed by atoms with Crippen molar-refractivity contribution in [1.82, 2.24) is 10.2 Å². The minimum absolute atomic E-state index is 0.568. The Balaban J connectivity index is 2.46. The molecule has 1 N–H and O–H groups in total. The predicted molar refractivity (Wildman–Crippen MR) is 68.6 cm³/mol. The molecule has 3 heteroatoms. The van der Waals surface area contributed by atoms with Gasteiger partial charge < -0.3 is 10.1 Å². The average Bonchev–Trinajstić information content (AvgIpc) is 2.30. The predicted octanol–water partition coefficient (Wildman–Crippen LogP) is 1.28. The molecule has 0 aromatic carbocycles. The zero-order chi connectivity index (χ0) is 11.8. The Bertz CT molecular complexity index is 208. The van der Waals surface area contributed by atoms with Crippen molar-refractivity contribution in [2.45, 2.75) is 12.5 Å². The number of ether oxygens (including phenoxy) is 1. The zero-order valence-electron chi connectivity index (χ0n) is 10.3. The van der Waals surface area contributed by atoms with Crippen LogP contribution in [0, 0.1) is 5.92 Å². The molecule has 16 heavy (non-hydrogen) atoms. The number of hydrogen-bond acceptors (Lipinski definition) is 3. The Labute approximate surface area is 99.2 Å². The summed E-state index contributed by atoms with van der Waals surface area (Å²) in [6.45, 7) is 12.2. The summed E-state index contributed by atoms with van der Waals surface area (Å²) in [5, 5.41) is 3.39. The molecule has 0 spiro atoms. The van der Waals surface area contributed by atoms with Gasteiger partial charge in [0.05, 0.1) is 6.61 Å². The van der Waals surface area contributed by atoms with Crippen LogP contribution < -0.4 is 5.32 Å². The van der Waals surface area contributed by atoms with Crippen LogP contribution in [0.2, 0.25) is 0 Å². The van der Waals surface area contributed by atoms with E-state index >= 15 is 0 Å². The van der Waals surface area contributed by atoms with Crippen LogP contribution in [0.1, 0.15) is 6.42 Å². The van der Waals surface area contributed by atoms with Crippen molar-refractivity contribution in [1.29, 1.82) is 0 Å². The fraction of sp³-hybridized carbons (Fsp3) is 0.692. The molecule has 0 aromatic rings. The summed E-state index contributed by atoms with van der Waals surface area (Å²) in [4.78, 5) is 2.35. The van der Waals surface area contributed by atoms with E-state index in [4.69, 9.17) is 4.74 Å². The van der Waals surface area contributed by atoms with Crippen LogP contribution in [0.4, 0.5) is 0 Å². The normalized spacial score (nSPS) is 25.6. The van der Waals surface area contributed by atoms with Crippen LogP contribution in [0.15, 0.2) is 25.3 Å². The van der Waals surface area contributed by atoms with Crippen molar-refractivity contribution in [3.8, 4) is 0 Å². The van der Waals surface area contributed by atoms with Gasteiger partial charge in [-0.15, -0.1) is 13.2 Å². The SMILES string of the molecule is C=CCN(CC=C)CC1COCCC1NC. The molecule has 3 nitrogen and oxygen atoms in total. The maximum absolute atomic E-state index is 5.55. The van der Waals surface area contributed by atoms with Crippen molar-refractivity contribution >= 4 is 0 Å². The number of nitrogens with zero attached hydrogens (tertiary/aromatic N) is 1. The van der Waals surface area contributed by atoms with Gasteiger partial charge in [-0.05, 0) is 13.5 Å². The molecule has 0 saturated carbocycles. The summed E-state index contributed by atoms with van der Waals surface area (Å²) in [5.74, 6) is 0.568. The van der Waals surface area contributed by atoms with Gasteiger partial charge in [-0.25, -0.2) is 0 Å². The van der Waals surface area contributed by atoms with Crippen molar-refractivity contribution in [3.05, 3.63) is 25.3 Å². The van der Waals surface area contributed by atoms with Crippen molar-refractivity contribution < 1.29 is 4.74 Å². The number of nitrogens with one attached hydrogen (secondary N) is 1. The molecule has 1 aliphatic heterocycles. The lowest BCUT2D eigenvalue weighted by atomic mass is 9.95. The minimum Gasteiger partial charge on any atom is -0.381 e. The summed E-state index contributed by atoms with van der Waals surface area (Å²) in [6.07, 6.45) is 5.00. The molecule has 1 saturated heterocycles. The largest absolute Gasteiger partial charge is 0.381 e. The lowest BCUT2D eigenvalue weighted by Crippen LogP contribution is -2.46. The highest BCUT2D eigenvalue weighted by molar-refractivity contribution is 4.86. The van der Waals surface area contributed by atoms with Crippen LogP contribution in [-0.4, -0.2) is 50.8 Å². The van der Waals surface area contributed by atoms with E-state index in [2.05, 4.69) is 23.4 Å². The van der Waals surface area contributed by atoms with Crippen LogP contribution in [-0.2, 0) is 4.74 Å². The van der Waals surface area contributed by atoms with Gasteiger partial charge in [-0.3, -0.25) is 4.90 Å². The third-order valence-electron chi connectivity index (χ3n) is 3.11. The Morgan fingerprint density at radius 1 is 1.38 bits per heavy atom. The van der Waals surface area contributed by atoms with E-state index in [0.717, 1.165) is 39.3 Å². The first-order valence-corrected chi connectivity index (χ1v) is 6.01. The third-order valence-corrected chi connectivity index (χ3v) is 3.11. The Kier molecular flexibility index (Phi) is 6.38. The summed E-state index contributed by atoms with van der Waals surface area (Å²) >= 11 is 0. The molecule has 0 aromatic heterocycles. The van der Waals surface area contributed by atoms with E-state index in [0.29, 0.717) is 12.0 Å². The van der Waals surface area contributed by atoms with Gasteiger partial charge in [-0.2, -0.15) is 0 Å². The molecule has 0 bridgehead atoms. The molecule has 1 fully saturated rings. The second-order valence-corrected chi connectivity index (χ2v) is 4.31. The molecule has 1 rings (SSSR count). The molecular weight excluding hydrogens is 200 g/mol. The third kappa shape index (κ3) is 4.08. The molecule has 1 aliphatic rings. The van der Waals surface area contributed by atoms with Gasteiger partial charge >= 0.3 is 0 Å². The molecule has 0 amide bonds. The highest BCUT2D eigenvalue weighted by Gasteiger charge is 2.25. The molecule has 1 heterocycles. The minimum atomic E-state index is 0.568. The quantitative estimate of drug-likeness (QED) is 0.659. The van der Waals surface area contributed by atoms with Gasteiger partial charge in [0.25, 0.3) is 0 Å². The van der Waals surface area contributed by atoms with E-state index in [1.165, 1.54) is 0 Å². The lowest BCUT2D eigenvalue weighted by molar-refractivity contribution is 0.0213. The van der Waals surface area contributed by atoms with Crippen LogP contribution in [0.3, 0.4) is 0 Å². The number of rotatable bonds is 7. The molecule has 0 radical (unpaired) electrons. The second-order valence-electron chi connectivity index (χ2n) is 4.31. The zero-order valence-corrected chi connectivity index (χ0v) is 10.3. The van der Waals surface area contributed by atoms with Gasteiger partial charge in [0.2, 0.25) is 0 Å². The Hall–Kier alpha value is -0.640. The first-order chi connectivity index (χ1) is 7.81. The molecule has 92 valence electrons. The van der Waals surface area contributed by atoms with Crippen LogP contribution >= 0.6 is 0 Å².